The lowest BCUT2D eigenvalue weighted by Gasteiger charge is -2.29. The molecule has 4 nitrogen and oxygen atoms in total. The van der Waals surface area contributed by atoms with Gasteiger partial charge in [0.15, 0.2) is 0 Å². The zero-order valence-corrected chi connectivity index (χ0v) is 10.3. The van der Waals surface area contributed by atoms with E-state index in [4.69, 9.17) is 4.74 Å². The zero-order valence-electron chi connectivity index (χ0n) is 10.3. The molecule has 0 aromatic carbocycles. The molecule has 1 rings (SSSR count). The highest BCUT2D eigenvalue weighted by atomic mass is 16.5. The Kier molecular flexibility index (Phi) is 5.77. The summed E-state index contributed by atoms with van der Waals surface area (Å²) in [6, 6.07) is -0.348. The molecular weight excluding hydrogens is 206 g/mol. The molecule has 0 spiro atoms. The van der Waals surface area contributed by atoms with Crippen LogP contribution in [-0.4, -0.2) is 47.8 Å². The van der Waals surface area contributed by atoms with Gasteiger partial charge in [-0.15, -0.1) is 0 Å². The van der Waals surface area contributed by atoms with Crippen LogP contribution in [0.2, 0.25) is 0 Å². The van der Waals surface area contributed by atoms with E-state index < -0.39 is 5.97 Å². The maximum Gasteiger partial charge on any atom is 0.320 e. The number of carbonyl (C=O) groups is 1. The molecule has 0 radical (unpaired) electrons. The van der Waals surface area contributed by atoms with Gasteiger partial charge in [0.2, 0.25) is 0 Å². The lowest BCUT2D eigenvalue weighted by atomic mass is 10.1. The minimum absolute atomic E-state index is 0.235. The van der Waals surface area contributed by atoms with Crippen molar-refractivity contribution >= 4 is 5.97 Å². The minimum Gasteiger partial charge on any atom is -0.480 e. The molecule has 1 fully saturated rings. The lowest BCUT2D eigenvalue weighted by molar-refractivity contribution is -0.144. The highest BCUT2D eigenvalue weighted by Crippen LogP contribution is 2.16. The topological polar surface area (TPSA) is 49.8 Å². The first-order chi connectivity index (χ1) is 7.69. The molecular formula is C12H23NO3. The maximum atomic E-state index is 11.2. The van der Waals surface area contributed by atoms with E-state index in [1.165, 1.54) is 0 Å². The molecule has 16 heavy (non-hydrogen) atoms. The molecule has 1 N–H and O–H groups in total. The SMILES string of the molecule is CCCC(C(=O)O)N(CC)CC1CCCO1. The van der Waals surface area contributed by atoms with Crippen molar-refractivity contribution < 1.29 is 14.6 Å². The number of hydrogen-bond donors (Lipinski definition) is 1. The van der Waals surface area contributed by atoms with Crippen LogP contribution < -0.4 is 0 Å². The van der Waals surface area contributed by atoms with Gasteiger partial charge in [-0.25, -0.2) is 0 Å². The summed E-state index contributed by atoms with van der Waals surface area (Å²) >= 11 is 0. The average molecular weight is 229 g/mol. The lowest BCUT2D eigenvalue weighted by Crippen LogP contribution is -2.44. The van der Waals surface area contributed by atoms with Gasteiger partial charge in [0.05, 0.1) is 6.10 Å². The number of carboxylic acid groups (broad SMARTS) is 1. The first-order valence-electron chi connectivity index (χ1n) is 6.27. The first-order valence-corrected chi connectivity index (χ1v) is 6.27. The van der Waals surface area contributed by atoms with Gasteiger partial charge in [0, 0.05) is 13.2 Å². The monoisotopic (exact) mass is 229 g/mol. The van der Waals surface area contributed by atoms with Gasteiger partial charge in [0.1, 0.15) is 6.04 Å². The minimum atomic E-state index is -0.707. The molecule has 1 saturated heterocycles. The average Bonchev–Trinajstić information content (AvgIpc) is 2.75. The van der Waals surface area contributed by atoms with E-state index in [1.807, 2.05) is 18.7 Å². The van der Waals surface area contributed by atoms with Gasteiger partial charge in [-0.2, -0.15) is 0 Å². The Labute approximate surface area is 97.6 Å². The standard InChI is InChI=1S/C12H23NO3/c1-3-6-11(12(14)15)13(4-2)9-10-7-5-8-16-10/h10-11H,3-9H2,1-2H3,(H,14,15). The number of aliphatic carboxylic acids is 1. The van der Waals surface area contributed by atoms with Crippen molar-refractivity contribution in [3.63, 3.8) is 0 Å². The van der Waals surface area contributed by atoms with Crippen molar-refractivity contribution in [2.45, 2.75) is 51.7 Å². The van der Waals surface area contributed by atoms with E-state index in [-0.39, 0.29) is 12.1 Å². The van der Waals surface area contributed by atoms with Crippen molar-refractivity contribution in [1.82, 2.24) is 4.90 Å². The van der Waals surface area contributed by atoms with Gasteiger partial charge >= 0.3 is 5.97 Å². The molecule has 1 aliphatic rings. The highest BCUT2D eigenvalue weighted by molar-refractivity contribution is 5.73. The van der Waals surface area contributed by atoms with Crippen molar-refractivity contribution in [3.8, 4) is 0 Å². The Morgan fingerprint density at radius 2 is 2.31 bits per heavy atom. The fourth-order valence-electron chi connectivity index (χ4n) is 2.26. The number of carboxylic acids is 1. The largest absolute Gasteiger partial charge is 0.480 e. The summed E-state index contributed by atoms with van der Waals surface area (Å²) in [5.74, 6) is -0.707. The quantitative estimate of drug-likeness (QED) is 0.722. The summed E-state index contributed by atoms with van der Waals surface area (Å²) < 4.78 is 5.56. The fraction of sp³-hybridized carbons (Fsp3) is 0.917. The second-order valence-corrected chi connectivity index (χ2v) is 4.37. The Morgan fingerprint density at radius 3 is 2.75 bits per heavy atom. The van der Waals surface area contributed by atoms with Gasteiger partial charge in [-0.05, 0) is 25.8 Å². The number of ether oxygens (including phenoxy) is 1. The van der Waals surface area contributed by atoms with Crippen LogP contribution in [-0.2, 0) is 9.53 Å². The van der Waals surface area contributed by atoms with E-state index in [0.29, 0.717) is 0 Å². The third kappa shape index (κ3) is 3.76. The Hall–Kier alpha value is -0.610. The maximum absolute atomic E-state index is 11.2. The predicted octanol–water partition coefficient (Wildman–Crippen LogP) is 1.74. The molecule has 0 aromatic heterocycles. The van der Waals surface area contributed by atoms with Gasteiger partial charge in [-0.3, -0.25) is 9.69 Å². The van der Waals surface area contributed by atoms with Crippen LogP contribution >= 0.6 is 0 Å². The Bertz CT molecular complexity index is 214. The van der Waals surface area contributed by atoms with Crippen LogP contribution in [0.4, 0.5) is 0 Å². The van der Waals surface area contributed by atoms with E-state index in [1.54, 1.807) is 0 Å². The van der Waals surface area contributed by atoms with Crippen LogP contribution in [0.1, 0.15) is 39.5 Å². The van der Waals surface area contributed by atoms with Crippen LogP contribution in [0.5, 0.6) is 0 Å². The third-order valence-electron chi connectivity index (χ3n) is 3.16. The summed E-state index contributed by atoms with van der Waals surface area (Å²) in [5.41, 5.74) is 0. The predicted molar refractivity (Wildman–Crippen MR) is 62.6 cm³/mol. The van der Waals surface area contributed by atoms with Crippen molar-refractivity contribution in [2.24, 2.45) is 0 Å². The van der Waals surface area contributed by atoms with Crippen LogP contribution in [0.3, 0.4) is 0 Å². The highest BCUT2D eigenvalue weighted by Gasteiger charge is 2.27. The normalized spacial score (nSPS) is 22.6. The Morgan fingerprint density at radius 1 is 1.56 bits per heavy atom. The van der Waals surface area contributed by atoms with Gasteiger partial charge in [0.25, 0.3) is 0 Å². The van der Waals surface area contributed by atoms with E-state index in [9.17, 15) is 9.90 Å². The van der Waals surface area contributed by atoms with E-state index in [2.05, 4.69) is 0 Å². The van der Waals surface area contributed by atoms with E-state index in [0.717, 1.165) is 45.4 Å². The second kappa shape index (κ2) is 6.86. The van der Waals surface area contributed by atoms with Crippen LogP contribution in [0.15, 0.2) is 0 Å². The molecule has 0 amide bonds. The molecule has 4 heteroatoms. The molecule has 0 bridgehead atoms. The molecule has 2 atom stereocenters. The van der Waals surface area contributed by atoms with E-state index >= 15 is 0 Å². The fourth-order valence-corrected chi connectivity index (χ4v) is 2.26. The molecule has 94 valence electrons. The van der Waals surface area contributed by atoms with Crippen molar-refractivity contribution in [3.05, 3.63) is 0 Å². The smallest absolute Gasteiger partial charge is 0.320 e. The summed E-state index contributed by atoms with van der Waals surface area (Å²) in [6.07, 6.45) is 4.02. The van der Waals surface area contributed by atoms with Gasteiger partial charge in [-0.1, -0.05) is 20.3 Å². The first kappa shape index (κ1) is 13.5. The number of likely N-dealkylation sites (N-methyl/N-ethyl adjacent to an activating group) is 1. The summed E-state index contributed by atoms with van der Waals surface area (Å²) in [7, 11) is 0. The van der Waals surface area contributed by atoms with Crippen molar-refractivity contribution in [2.75, 3.05) is 19.7 Å². The number of rotatable bonds is 7. The molecule has 1 heterocycles. The number of nitrogens with zero attached hydrogens (tertiary/aromatic N) is 1. The third-order valence-corrected chi connectivity index (χ3v) is 3.16. The van der Waals surface area contributed by atoms with Crippen LogP contribution in [0, 0.1) is 0 Å². The number of hydrogen-bond acceptors (Lipinski definition) is 3. The second-order valence-electron chi connectivity index (χ2n) is 4.37. The van der Waals surface area contributed by atoms with Gasteiger partial charge < -0.3 is 9.84 Å². The zero-order chi connectivity index (χ0) is 12.0. The van der Waals surface area contributed by atoms with Crippen LogP contribution in [0.25, 0.3) is 0 Å². The molecule has 0 aliphatic carbocycles. The summed E-state index contributed by atoms with van der Waals surface area (Å²) in [6.45, 7) is 6.40. The molecule has 1 aliphatic heterocycles. The molecule has 0 aromatic rings. The Balaban J connectivity index is 2.51. The molecule has 2 unspecified atom stereocenters. The summed E-state index contributed by atoms with van der Waals surface area (Å²) in [4.78, 5) is 13.2. The van der Waals surface area contributed by atoms with Crippen molar-refractivity contribution in [1.29, 1.82) is 0 Å². The molecule has 0 saturated carbocycles. The summed E-state index contributed by atoms with van der Waals surface area (Å²) in [5, 5.41) is 9.20.